The van der Waals surface area contributed by atoms with Gasteiger partial charge in [0.2, 0.25) is 0 Å². The topological polar surface area (TPSA) is 57.2 Å². The quantitative estimate of drug-likeness (QED) is 0.461. The van der Waals surface area contributed by atoms with Gasteiger partial charge in [0, 0.05) is 65.0 Å². The minimum Gasteiger partial charge on any atom is -0.381 e. The summed E-state index contributed by atoms with van der Waals surface area (Å²) in [5.74, 6) is -1.75. The molecule has 0 atom stereocenters. The summed E-state index contributed by atoms with van der Waals surface area (Å²) in [6.07, 6.45) is -0.0461. The van der Waals surface area contributed by atoms with Crippen LogP contribution in [-0.2, 0) is 24.1 Å². The first-order valence-corrected chi connectivity index (χ1v) is 14.1. The van der Waals surface area contributed by atoms with Gasteiger partial charge in [-0.25, -0.2) is 8.78 Å². The minimum atomic E-state index is -2.22. The number of halogens is 2. The molecule has 6 rings (SSSR count). The molecule has 214 valence electrons. The summed E-state index contributed by atoms with van der Waals surface area (Å²) in [4.78, 5) is 22.7. The Kier molecular flexibility index (Phi) is 6.78. The summed E-state index contributed by atoms with van der Waals surface area (Å²) >= 11 is 0. The van der Waals surface area contributed by atoms with E-state index in [2.05, 4.69) is 20.1 Å². The molecule has 2 fully saturated rings. The molecule has 41 heavy (non-hydrogen) atoms. The van der Waals surface area contributed by atoms with Crippen LogP contribution in [0.4, 0.5) is 14.5 Å². The molecule has 3 aromatic carbocycles. The molecule has 3 aliphatic rings. The molecular weight excluding hydrogens is 522 g/mol. The molecule has 0 aliphatic carbocycles. The van der Waals surface area contributed by atoms with Crippen molar-refractivity contribution in [2.75, 3.05) is 51.3 Å². The highest BCUT2D eigenvalue weighted by Crippen LogP contribution is 2.28. The van der Waals surface area contributed by atoms with Gasteiger partial charge in [-0.3, -0.25) is 9.79 Å². The largest absolute Gasteiger partial charge is 0.381 e. The van der Waals surface area contributed by atoms with Gasteiger partial charge in [-0.05, 0) is 97.2 Å². The number of ether oxygens (including phenoxy) is 1. The number of rotatable bonds is 6. The molecule has 0 bridgehead atoms. The van der Waals surface area contributed by atoms with E-state index in [-0.39, 0.29) is 47.1 Å². The van der Waals surface area contributed by atoms with E-state index in [0.717, 1.165) is 43.6 Å². The Bertz CT molecular complexity index is 1630. The number of aliphatic imine (C=N–C) groups is 1. The van der Waals surface area contributed by atoms with Crippen molar-refractivity contribution in [1.82, 2.24) is 10.2 Å². The lowest BCUT2D eigenvalue weighted by atomic mass is 9.89. The van der Waals surface area contributed by atoms with Crippen molar-refractivity contribution in [3.05, 3.63) is 99.6 Å². The van der Waals surface area contributed by atoms with Gasteiger partial charge in [-0.2, -0.15) is 0 Å². The number of amidine groups is 1. The fourth-order valence-corrected chi connectivity index (χ4v) is 5.61. The van der Waals surface area contributed by atoms with Crippen molar-refractivity contribution in [1.29, 1.82) is 0 Å². The first-order valence-electron chi connectivity index (χ1n) is 16.1. The van der Waals surface area contributed by atoms with Crippen LogP contribution in [-0.4, -0.2) is 63.1 Å². The molecule has 0 unspecified atom stereocenters. The van der Waals surface area contributed by atoms with Gasteiger partial charge in [0.15, 0.2) is 0 Å². The molecular formula is C33H36F2N4O2. The Morgan fingerprint density at radius 1 is 1.07 bits per heavy atom. The fourth-order valence-electron chi connectivity index (χ4n) is 5.61. The Balaban J connectivity index is 1.31. The molecule has 3 heterocycles. The van der Waals surface area contributed by atoms with Gasteiger partial charge < -0.3 is 19.9 Å². The van der Waals surface area contributed by atoms with E-state index in [0.29, 0.717) is 55.6 Å². The lowest BCUT2D eigenvalue weighted by Gasteiger charge is -2.34. The number of carbonyl (C=O) groups excluding carboxylic acids is 1. The summed E-state index contributed by atoms with van der Waals surface area (Å²) in [6.45, 7) is 4.57. The third-order valence-corrected chi connectivity index (χ3v) is 8.00. The van der Waals surface area contributed by atoms with Crippen LogP contribution in [0.15, 0.2) is 59.5 Å². The highest BCUT2D eigenvalue weighted by atomic mass is 19.1. The smallest absolute Gasteiger partial charge is 0.257 e. The number of carbonyl (C=O) groups is 1. The van der Waals surface area contributed by atoms with Crippen molar-refractivity contribution in [3.8, 4) is 0 Å². The van der Waals surface area contributed by atoms with Gasteiger partial charge >= 0.3 is 0 Å². The Labute approximate surface area is 245 Å². The predicted octanol–water partition coefficient (Wildman–Crippen LogP) is 4.97. The number of fused-ring (bicyclic) bond motifs is 1. The van der Waals surface area contributed by atoms with Crippen LogP contribution < -0.4 is 10.2 Å². The van der Waals surface area contributed by atoms with Gasteiger partial charge in [0.1, 0.15) is 17.5 Å². The fraction of sp³-hybridized carbons (Fsp3) is 0.394. The number of piperazine rings is 1. The maximum Gasteiger partial charge on any atom is 0.257 e. The third kappa shape index (κ3) is 6.49. The molecule has 0 spiro atoms. The van der Waals surface area contributed by atoms with Crippen molar-refractivity contribution in [2.24, 2.45) is 10.9 Å². The molecule has 1 N–H and O–H groups in total. The number of hydrogen-bond acceptors (Lipinski definition) is 5. The van der Waals surface area contributed by atoms with Crippen LogP contribution in [0.3, 0.4) is 0 Å². The second kappa shape index (κ2) is 12.1. The monoisotopic (exact) mass is 562 g/mol. The SMILES string of the molecule is [2H]c1cc(C(=O)NC2=NCc3ccc(C([2H])([2H])c4cc(F)cc(F)c4)cc32)c(CC2CCOCC2)c([2H])c1N1CCN(C)CC1. The van der Waals surface area contributed by atoms with Crippen molar-refractivity contribution in [3.63, 3.8) is 0 Å². The summed E-state index contributed by atoms with van der Waals surface area (Å²) in [5, 5.41) is 2.88. The molecule has 1 amide bonds. The molecule has 0 saturated carbocycles. The zero-order chi connectivity index (χ0) is 31.9. The number of likely N-dealkylation sites (N-methyl/N-ethyl adjacent to an activating group) is 1. The Morgan fingerprint density at radius 2 is 1.83 bits per heavy atom. The van der Waals surface area contributed by atoms with E-state index in [1.165, 1.54) is 0 Å². The standard InChI is InChI=1S/C33H36F2N4O2/c1-38-8-10-39(11-9-38)29-4-5-30(26(19-29)15-22-6-12-41-13-7-22)33(40)37-32-31-18-23(2-3-25(31)21-36-32)14-24-16-27(34)20-28(35)17-24/h2-5,16-20,22H,6-15,21H2,1H3,(H,36,37,40)/i4D,14D2,19D. The molecule has 2 saturated heterocycles. The maximum atomic E-state index is 13.9. The van der Waals surface area contributed by atoms with E-state index >= 15 is 0 Å². The van der Waals surface area contributed by atoms with Crippen molar-refractivity contribution >= 4 is 17.4 Å². The second-order valence-corrected chi connectivity index (χ2v) is 11.0. The zero-order valence-electron chi connectivity index (χ0n) is 27.1. The first-order chi connectivity index (χ1) is 21.5. The lowest BCUT2D eigenvalue weighted by molar-refractivity contribution is 0.0664. The van der Waals surface area contributed by atoms with E-state index in [1.807, 2.05) is 7.05 Å². The lowest BCUT2D eigenvalue weighted by Crippen LogP contribution is -2.44. The van der Waals surface area contributed by atoms with Gasteiger partial charge in [-0.15, -0.1) is 0 Å². The summed E-state index contributed by atoms with van der Waals surface area (Å²) in [5.41, 5.74) is 2.68. The van der Waals surface area contributed by atoms with E-state index in [4.69, 9.17) is 8.85 Å². The van der Waals surface area contributed by atoms with Gasteiger partial charge in [0.25, 0.3) is 5.91 Å². The molecule has 8 heteroatoms. The van der Waals surface area contributed by atoms with Gasteiger partial charge in [-0.1, -0.05) is 12.1 Å². The molecule has 3 aliphatic heterocycles. The number of nitrogens with zero attached hydrogens (tertiary/aromatic N) is 3. The van der Waals surface area contributed by atoms with Crippen LogP contribution in [0.2, 0.25) is 0 Å². The molecule has 6 nitrogen and oxygen atoms in total. The van der Waals surface area contributed by atoms with Crippen LogP contribution in [0.1, 0.15) is 56.5 Å². The zero-order valence-corrected chi connectivity index (χ0v) is 23.1. The maximum absolute atomic E-state index is 13.9. The molecule has 0 radical (unpaired) electrons. The Hall–Kier alpha value is -3.62. The number of hydrogen-bond donors (Lipinski definition) is 1. The average molecular weight is 563 g/mol. The van der Waals surface area contributed by atoms with Crippen molar-refractivity contribution in [2.45, 2.75) is 32.2 Å². The predicted molar refractivity (Wildman–Crippen MR) is 157 cm³/mol. The van der Waals surface area contributed by atoms with Gasteiger partial charge in [0.05, 0.1) is 9.29 Å². The van der Waals surface area contributed by atoms with E-state index in [1.54, 1.807) is 24.3 Å². The molecule has 3 aromatic rings. The van der Waals surface area contributed by atoms with Crippen LogP contribution in [0, 0.1) is 17.6 Å². The van der Waals surface area contributed by atoms with E-state index < -0.39 is 23.9 Å². The number of benzene rings is 3. The number of amides is 1. The molecule has 0 aromatic heterocycles. The van der Waals surface area contributed by atoms with Crippen LogP contribution >= 0.6 is 0 Å². The van der Waals surface area contributed by atoms with Crippen LogP contribution in [0.25, 0.3) is 0 Å². The first kappa shape index (κ1) is 23.0. The highest BCUT2D eigenvalue weighted by Gasteiger charge is 2.24. The average Bonchev–Trinajstić information content (AvgIpc) is 3.41. The van der Waals surface area contributed by atoms with E-state index in [9.17, 15) is 14.9 Å². The minimum absolute atomic E-state index is 0.122. The summed E-state index contributed by atoms with van der Waals surface area (Å²) < 4.78 is 68.8. The third-order valence-electron chi connectivity index (χ3n) is 8.00. The number of anilines is 1. The highest BCUT2D eigenvalue weighted by molar-refractivity contribution is 6.14. The Morgan fingerprint density at radius 3 is 2.59 bits per heavy atom. The van der Waals surface area contributed by atoms with Crippen LogP contribution in [0.5, 0.6) is 0 Å². The summed E-state index contributed by atoms with van der Waals surface area (Å²) in [7, 11) is 2.05. The summed E-state index contributed by atoms with van der Waals surface area (Å²) in [6, 6.07) is 9.32. The second-order valence-electron chi connectivity index (χ2n) is 11.0. The van der Waals surface area contributed by atoms with Crippen molar-refractivity contribution < 1.29 is 23.8 Å². The normalized spacial score (nSPS) is 19.6. The number of nitrogens with one attached hydrogen (secondary N) is 1.